The quantitative estimate of drug-likeness (QED) is 0.443. The first-order chi connectivity index (χ1) is 4.77. The number of nitrogens with zero attached hydrogens (tertiary/aromatic N) is 2. The fraction of sp³-hybridized carbons (Fsp3) is 0.714. The Morgan fingerprint density at radius 2 is 2.20 bits per heavy atom. The summed E-state index contributed by atoms with van der Waals surface area (Å²) >= 11 is 0. The van der Waals surface area contributed by atoms with Crippen molar-refractivity contribution in [3.63, 3.8) is 0 Å². The summed E-state index contributed by atoms with van der Waals surface area (Å²) in [6.07, 6.45) is 3.79. The van der Waals surface area contributed by atoms with Crippen LogP contribution in [-0.2, 0) is 0 Å². The predicted octanol–water partition coefficient (Wildman–Crippen LogP) is 0.658. The maximum absolute atomic E-state index is 6.64. The molecule has 0 radical (unpaired) electrons. The van der Waals surface area contributed by atoms with Crippen LogP contribution in [0.25, 0.3) is 0 Å². The topological polar surface area (TPSA) is 39.5 Å². The minimum Gasteiger partial charge on any atom is -0.309 e. The molecule has 0 amide bonds. The Hall–Kier alpha value is -0.700. The van der Waals surface area contributed by atoms with Crippen molar-refractivity contribution in [3.05, 3.63) is 0 Å². The normalized spacial score (nSPS) is 11.1. The van der Waals surface area contributed by atoms with Crippen molar-refractivity contribution in [1.82, 2.24) is 4.90 Å². The van der Waals surface area contributed by atoms with Gasteiger partial charge in [0.15, 0.2) is 0 Å². The molecule has 0 aromatic rings. The van der Waals surface area contributed by atoms with Gasteiger partial charge in [-0.2, -0.15) is 0 Å². The average Bonchev–Trinajstić information content (AvgIpc) is 1.87. The van der Waals surface area contributed by atoms with Gasteiger partial charge in [0.1, 0.15) is 0 Å². The first-order valence-corrected chi connectivity index (χ1v) is 3.41. The fourth-order valence-electron chi connectivity index (χ4n) is 0.605. The van der Waals surface area contributed by atoms with Crippen LogP contribution in [0.15, 0.2) is 4.99 Å². The van der Waals surface area contributed by atoms with E-state index in [1.165, 1.54) is 12.4 Å². The smallest absolute Gasteiger partial charge is 0.0402 e. The summed E-state index contributed by atoms with van der Waals surface area (Å²) in [5.74, 6) is 0. The highest BCUT2D eigenvalue weighted by atomic mass is 15.0. The third kappa shape index (κ3) is 7.30. The average molecular weight is 141 g/mol. The van der Waals surface area contributed by atoms with E-state index in [1.54, 1.807) is 0 Å². The van der Waals surface area contributed by atoms with Crippen LogP contribution in [0.3, 0.4) is 0 Å². The van der Waals surface area contributed by atoms with E-state index in [-0.39, 0.29) is 0 Å². The first-order valence-electron chi connectivity index (χ1n) is 3.41. The number of rotatable bonds is 5. The molecule has 0 heterocycles. The Kier molecular flexibility index (Phi) is 5.97. The van der Waals surface area contributed by atoms with Crippen LogP contribution >= 0.6 is 0 Å². The van der Waals surface area contributed by atoms with Crippen molar-refractivity contribution in [1.29, 1.82) is 5.41 Å². The summed E-state index contributed by atoms with van der Waals surface area (Å²) < 4.78 is 0. The molecule has 0 aromatic carbocycles. The SMILES string of the molecule is CN(C)CCCN=CC=N. The second kappa shape index (κ2) is 6.42. The van der Waals surface area contributed by atoms with Crippen molar-refractivity contribution in [2.75, 3.05) is 27.2 Å². The first kappa shape index (κ1) is 9.30. The molecule has 0 atom stereocenters. The second-order valence-electron chi connectivity index (χ2n) is 2.38. The van der Waals surface area contributed by atoms with E-state index in [0.717, 1.165) is 19.5 Å². The van der Waals surface area contributed by atoms with Gasteiger partial charge in [0.2, 0.25) is 0 Å². The zero-order valence-electron chi connectivity index (χ0n) is 6.67. The molecule has 58 valence electrons. The minimum absolute atomic E-state index is 0.827. The third-order valence-corrected chi connectivity index (χ3v) is 1.07. The van der Waals surface area contributed by atoms with Crippen LogP contribution in [0, 0.1) is 5.41 Å². The molecule has 0 spiro atoms. The lowest BCUT2D eigenvalue weighted by Crippen LogP contribution is -2.13. The van der Waals surface area contributed by atoms with Gasteiger partial charge >= 0.3 is 0 Å². The summed E-state index contributed by atoms with van der Waals surface area (Å²) in [6, 6.07) is 0. The van der Waals surface area contributed by atoms with Gasteiger partial charge in [-0.1, -0.05) is 0 Å². The van der Waals surface area contributed by atoms with E-state index < -0.39 is 0 Å². The zero-order chi connectivity index (χ0) is 7.82. The highest BCUT2D eigenvalue weighted by molar-refractivity contribution is 6.14. The van der Waals surface area contributed by atoms with E-state index in [4.69, 9.17) is 5.41 Å². The highest BCUT2D eigenvalue weighted by Gasteiger charge is 1.86. The van der Waals surface area contributed by atoms with E-state index in [9.17, 15) is 0 Å². The van der Waals surface area contributed by atoms with Crippen LogP contribution in [0.4, 0.5) is 0 Å². The molecule has 3 nitrogen and oxygen atoms in total. The lowest BCUT2D eigenvalue weighted by molar-refractivity contribution is 0.403. The molecule has 0 aromatic heterocycles. The standard InChI is InChI=1S/C7H15N3/c1-10(2)7-3-5-9-6-4-8/h4,6,8H,3,5,7H2,1-2H3. The fourth-order valence-corrected chi connectivity index (χ4v) is 0.605. The molecule has 0 saturated carbocycles. The van der Waals surface area contributed by atoms with Gasteiger partial charge < -0.3 is 10.3 Å². The van der Waals surface area contributed by atoms with E-state index in [2.05, 4.69) is 9.89 Å². The maximum atomic E-state index is 6.64. The Labute approximate surface area is 62.3 Å². The van der Waals surface area contributed by atoms with Crippen LogP contribution < -0.4 is 0 Å². The van der Waals surface area contributed by atoms with Gasteiger partial charge in [0.05, 0.1) is 0 Å². The summed E-state index contributed by atoms with van der Waals surface area (Å²) in [6.45, 7) is 1.89. The lowest BCUT2D eigenvalue weighted by atomic mass is 10.4. The molecule has 0 rings (SSSR count). The summed E-state index contributed by atoms with van der Waals surface area (Å²) in [7, 11) is 4.08. The zero-order valence-corrected chi connectivity index (χ0v) is 6.67. The largest absolute Gasteiger partial charge is 0.309 e. The number of hydrogen-bond donors (Lipinski definition) is 1. The molecule has 3 heteroatoms. The van der Waals surface area contributed by atoms with Gasteiger partial charge in [-0.15, -0.1) is 0 Å². The molecular weight excluding hydrogens is 126 g/mol. The third-order valence-electron chi connectivity index (χ3n) is 1.07. The van der Waals surface area contributed by atoms with Gasteiger partial charge in [-0.3, -0.25) is 4.99 Å². The summed E-state index contributed by atoms with van der Waals surface area (Å²) in [5.41, 5.74) is 0. The molecule has 0 fully saturated rings. The Balaban J connectivity index is 3.04. The molecule has 0 bridgehead atoms. The predicted molar refractivity (Wildman–Crippen MR) is 45.3 cm³/mol. The lowest BCUT2D eigenvalue weighted by Gasteiger charge is -2.06. The molecule has 1 N–H and O–H groups in total. The molecule has 0 unspecified atom stereocenters. The molecule has 0 aliphatic carbocycles. The number of nitrogens with one attached hydrogen (secondary N) is 1. The Bertz CT molecular complexity index is 107. The van der Waals surface area contributed by atoms with Gasteiger partial charge in [-0.05, 0) is 27.1 Å². The van der Waals surface area contributed by atoms with Crippen molar-refractivity contribution >= 4 is 12.4 Å². The van der Waals surface area contributed by atoms with Crippen LogP contribution in [-0.4, -0.2) is 44.5 Å². The van der Waals surface area contributed by atoms with Gasteiger partial charge in [0.25, 0.3) is 0 Å². The van der Waals surface area contributed by atoms with Crippen LogP contribution in [0.5, 0.6) is 0 Å². The Morgan fingerprint density at radius 3 is 2.70 bits per heavy atom. The van der Waals surface area contributed by atoms with Gasteiger partial charge in [-0.25, -0.2) is 0 Å². The number of aliphatic imine (C=N–C) groups is 1. The van der Waals surface area contributed by atoms with Crippen molar-refractivity contribution in [3.8, 4) is 0 Å². The monoisotopic (exact) mass is 141 g/mol. The summed E-state index contributed by atoms with van der Waals surface area (Å²) in [5, 5.41) is 6.64. The molecule has 0 aliphatic heterocycles. The number of hydrogen-bond acceptors (Lipinski definition) is 3. The van der Waals surface area contributed by atoms with E-state index in [1.807, 2.05) is 14.1 Å². The highest BCUT2D eigenvalue weighted by Crippen LogP contribution is 1.82. The van der Waals surface area contributed by atoms with Crippen LogP contribution in [0.2, 0.25) is 0 Å². The molecule has 0 saturated heterocycles. The second-order valence-corrected chi connectivity index (χ2v) is 2.38. The summed E-state index contributed by atoms with van der Waals surface area (Å²) in [4.78, 5) is 6.09. The van der Waals surface area contributed by atoms with Crippen LogP contribution in [0.1, 0.15) is 6.42 Å². The molecule has 0 aliphatic rings. The van der Waals surface area contributed by atoms with E-state index in [0.29, 0.717) is 0 Å². The van der Waals surface area contributed by atoms with Gasteiger partial charge in [0, 0.05) is 19.0 Å². The molecule has 10 heavy (non-hydrogen) atoms. The van der Waals surface area contributed by atoms with Crippen molar-refractivity contribution in [2.24, 2.45) is 4.99 Å². The maximum Gasteiger partial charge on any atom is 0.0402 e. The van der Waals surface area contributed by atoms with E-state index >= 15 is 0 Å². The van der Waals surface area contributed by atoms with Crippen molar-refractivity contribution in [2.45, 2.75) is 6.42 Å². The Morgan fingerprint density at radius 1 is 1.50 bits per heavy atom. The van der Waals surface area contributed by atoms with Crippen molar-refractivity contribution < 1.29 is 0 Å². The minimum atomic E-state index is 0.827. The molecular formula is C7H15N3.